The maximum absolute atomic E-state index is 13.2. The number of thiazole rings is 1. The van der Waals surface area contributed by atoms with Gasteiger partial charge < -0.3 is 30.1 Å². The molecule has 1 aromatic rings. The van der Waals surface area contributed by atoms with Crippen LogP contribution in [0.1, 0.15) is 26.5 Å². The number of carbonyl (C=O) groups excluding carboxylic acids is 5. The summed E-state index contributed by atoms with van der Waals surface area (Å²) in [6.07, 6.45) is 1.18. The molecule has 14 nitrogen and oxygen atoms in total. The molecular formula is C22H23N5O9S2. The van der Waals surface area contributed by atoms with E-state index in [4.69, 9.17) is 19.9 Å². The molecule has 2 fully saturated rings. The van der Waals surface area contributed by atoms with Crippen LogP contribution in [-0.4, -0.2) is 81.5 Å². The molecule has 16 heteroatoms. The van der Waals surface area contributed by atoms with Crippen molar-refractivity contribution in [3.8, 4) is 0 Å². The van der Waals surface area contributed by atoms with Gasteiger partial charge in [-0.25, -0.2) is 19.4 Å². The monoisotopic (exact) mass is 565 g/mol. The third kappa shape index (κ3) is 5.50. The standard InChI is InChI=1S/C22H23N5O9S2/c1-4-5-11-7-37-19-15(25-17(29)14(26-36-10(3)28)12-8-38-21(23)24-12)18(30)27(19)16(11)20(31)33-6-13-9(2)34-22(32)35-13/h4-5,8-9,13,15,19H,6-7H2,1-3H3,(H2,23,24)(H,25,29)/b5-4+,26-14-/t9?,13?,15-,19+/m1/s1. The molecule has 0 radical (unpaired) electrons. The van der Waals surface area contributed by atoms with E-state index >= 15 is 0 Å². The first-order valence-corrected chi connectivity index (χ1v) is 13.2. The molecule has 202 valence electrons. The number of nitrogen functional groups attached to an aromatic ring is 1. The number of aromatic nitrogens is 1. The molecular weight excluding hydrogens is 542 g/mol. The van der Waals surface area contributed by atoms with E-state index in [2.05, 4.69) is 20.3 Å². The number of β-lactam (4-membered cyclic amide) rings is 1. The molecule has 0 spiro atoms. The SMILES string of the molecule is C/C=C/C1=C(C(=O)OCC2OC(=O)OC2C)N2C(=O)[C@@H](NC(=O)/C(=N\OC(C)=O)c3csc(N)n3)[C@@H]2SC1. The first-order chi connectivity index (χ1) is 18.1. The largest absolute Gasteiger partial charge is 0.509 e. The van der Waals surface area contributed by atoms with E-state index in [0.717, 1.165) is 18.3 Å². The number of carbonyl (C=O) groups is 5. The summed E-state index contributed by atoms with van der Waals surface area (Å²) in [6.45, 7) is 4.22. The van der Waals surface area contributed by atoms with E-state index in [1.807, 2.05) is 0 Å². The molecule has 4 rings (SSSR count). The molecule has 2 unspecified atom stereocenters. The summed E-state index contributed by atoms with van der Waals surface area (Å²) >= 11 is 2.39. The molecule has 0 bridgehead atoms. The molecule has 2 saturated heterocycles. The highest BCUT2D eigenvalue weighted by Crippen LogP contribution is 2.41. The van der Waals surface area contributed by atoms with Crippen molar-refractivity contribution < 1.29 is 43.0 Å². The number of anilines is 1. The summed E-state index contributed by atoms with van der Waals surface area (Å²) in [5, 5.41) is 7.14. The van der Waals surface area contributed by atoms with Crippen molar-refractivity contribution >= 4 is 63.9 Å². The Labute approximate surface area is 224 Å². The number of nitrogens with one attached hydrogen (secondary N) is 1. The van der Waals surface area contributed by atoms with Crippen LogP contribution in [0.2, 0.25) is 0 Å². The summed E-state index contributed by atoms with van der Waals surface area (Å²) in [5.74, 6) is -2.57. The maximum Gasteiger partial charge on any atom is 0.509 e. The number of rotatable bonds is 8. The number of nitrogens with zero attached hydrogens (tertiary/aromatic N) is 3. The second kappa shape index (κ2) is 11.2. The molecule has 4 heterocycles. The third-order valence-corrected chi connectivity index (χ3v) is 7.50. The number of hydrogen-bond donors (Lipinski definition) is 2. The maximum atomic E-state index is 13.2. The molecule has 0 aliphatic carbocycles. The first-order valence-electron chi connectivity index (χ1n) is 11.2. The Balaban J connectivity index is 1.50. The van der Waals surface area contributed by atoms with Crippen molar-refractivity contribution in [2.75, 3.05) is 18.1 Å². The molecule has 0 aromatic carbocycles. The van der Waals surface area contributed by atoms with E-state index in [1.165, 1.54) is 22.0 Å². The fraction of sp³-hybridized carbons (Fsp3) is 0.409. The zero-order valence-corrected chi connectivity index (χ0v) is 22.0. The minimum absolute atomic E-state index is 0.0290. The lowest BCUT2D eigenvalue weighted by molar-refractivity contribution is -0.153. The zero-order chi connectivity index (χ0) is 27.6. The smallest absolute Gasteiger partial charge is 0.457 e. The number of esters is 1. The van der Waals surface area contributed by atoms with Gasteiger partial charge in [-0.1, -0.05) is 17.3 Å². The first kappa shape index (κ1) is 27.1. The minimum atomic E-state index is -1.01. The van der Waals surface area contributed by atoms with Crippen molar-refractivity contribution in [2.45, 2.75) is 44.4 Å². The molecule has 3 N–H and O–H groups in total. The van der Waals surface area contributed by atoms with Crippen LogP contribution in [0.5, 0.6) is 0 Å². The van der Waals surface area contributed by atoms with Crippen LogP contribution in [0.15, 0.2) is 34.0 Å². The normalized spacial score (nSPS) is 24.9. The fourth-order valence-corrected chi connectivity index (χ4v) is 5.62. The van der Waals surface area contributed by atoms with E-state index in [-0.39, 0.29) is 28.8 Å². The number of nitrogens with two attached hydrogens (primary N) is 1. The molecule has 1 aromatic heterocycles. The van der Waals surface area contributed by atoms with Crippen LogP contribution in [0.25, 0.3) is 0 Å². The molecule has 2 amide bonds. The van der Waals surface area contributed by atoms with Crippen LogP contribution in [-0.2, 0) is 38.2 Å². The van der Waals surface area contributed by atoms with Gasteiger partial charge in [0.05, 0.1) is 0 Å². The van der Waals surface area contributed by atoms with Crippen LogP contribution in [0.4, 0.5) is 9.93 Å². The molecule has 4 atom stereocenters. The summed E-state index contributed by atoms with van der Waals surface area (Å²) in [6, 6.07) is -1.01. The summed E-state index contributed by atoms with van der Waals surface area (Å²) in [7, 11) is 0. The molecule has 3 aliphatic rings. The number of amides is 2. The number of thioether (sulfide) groups is 1. The number of hydrogen-bond acceptors (Lipinski definition) is 14. The van der Waals surface area contributed by atoms with Crippen molar-refractivity contribution in [1.29, 1.82) is 0 Å². The van der Waals surface area contributed by atoms with Gasteiger partial charge in [-0.05, 0) is 19.4 Å². The average molecular weight is 566 g/mol. The van der Waals surface area contributed by atoms with Gasteiger partial charge in [-0.3, -0.25) is 14.5 Å². The Morgan fingerprint density at radius 3 is 2.71 bits per heavy atom. The van der Waals surface area contributed by atoms with Crippen LogP contribution < -0.4 is 11.1 Å². The van der Waals surface area contributed by atoms with Gasteiger partial charge in [0.1, 0.15) is 35.5 Å². The Hall–Kier alpha value is -3.92. The Morgan fingerprint density at radius 2 is 2.11 bits per heavy atom. The van der Waals surface area contributed by atoms with E-state index in [0.29, 0.717) is 11.3 Å². The lowest BCUT2D eigenvalue weighted by Gasteiger charge is -2.49. The summed E-state index contributed by atoms with van der Waals surface area (Å²) < 4.78 is 15.2. The van der Waals surface area contributed by atoms with Crippen molar-refractivity contribution in [2.24, 2.45) is 5.16 Å². The molecule has 38 heavy (non-hydrogen) atoms. The second-order valence-corrected chi connectivity index (χ2v) is 10.2. The Kier molecular flexibility index (Phi) is 8.01. The Bertz CT molecular complexity index is 1270. The summed E-state index contributed by atoms with van der Waals surface area (Å²) in [4.78, 5) is 71.6. The Morgan fingerprint density at radius 1 is 1.34 bits per heavy atom. The van der Waals surface area contributed by atoms with E-state index < -0.39 is 53.5 Å². The predicted molar refractivity (Wildman–Crippen MR) is 133 cm³/mol. The third-order valence-electron chi connectivity index (χ3n) is 5.52. The van der Waals surface area contributed by atoms with Crippen LogP contribution in [0.3, 0.4) is 0 Å². The topological polar surface area (TPSA) is 189 Å². The molecule has 0 saturated carbocycles. The van der Waals surface area contributed by atoms with Crippen LogP contribution in [0, 0.1) is 0 Å². The van der Waals surface area contributed by atoms with Gasteiger partial charge in [0.25, 0.3) is 11.8 Å². The van der Waals surface area contributed by atoms with E-state index in [1.54, 1.807) is 26.0 Å². The highest BCUT2D eigenvalue weighted by atomic mass is 32.2. The van der Waals surface area contributed by atoms with Gasteiger partial charge in [0, 0.05) is 18.1 Å². The zero-order valence-electron chi connectivity index (χ0n) is 20.4. The lowest BCUT2D eigenvalue weighted by Crippen LogP contribution is -2.71. The van der Waals surface area contributed by atoms with Crippen molar-refractivity contribution in [3.63, 3.8) is 0 Å². The van der Waals surface area contributed by atoms with Crippen molar-refractivity contribution in [1.82, 2.24) is 15.2 Å². The van der Waals surface area contributed by atoms with Gasteiger partial charge in [0.15, 0.2) is 16.9 Å². The average Bonchev–Trinajstić information content (AvgIpc) is 3.44. The highest BCUT2D eigenvalue weighted by molar-refractivity contribution is 8.00. The quantitative estimate of drug-likeness (QED) is 0.148. The van der Waals surface area contributed by atoms with Gasteiger partial charge in [-0.2, -0.15) is 0 Å². The molecule has 3 aliphatic heterocycles. The number of oxime groups is 1. The predicted octanol–water partition coefficient (Wildman–Crippen LogP) is 0.690. The van der Waals surface area contributed by atoms with Gasteiger partial charge in [0.2, 0.25) is 0 Å². The summed E-state index contributed by atoms with van der Waals surface area (Å²) in [5.41, 5.74) is 5.95. The van der Waals surface area contributed by atoms with E-state index in [9.17, 15) is 24.0 Å². The van der Waals surface area contributed by atoms with Crippen LogP contribution >= 0.6 is 23.1 Å². The van der Waals surface area contributed by atoms with Crippen molar-refractivity contribution in [3.05, 3.63) is 34.5 Å². The second-order valence-electron chi connectivity index (χ2n) is 8.16. The number of ether oxygens (including phenoxy) is 3. The van der Waals surface area contributed by atoms with Gasteiger partial charge >= 0.3 is 18.1 Å². The minimum Gasteiger partial charge on any atom is -0.457 e. The number of fused-ring (bicyclic) bond motifs is 1. The van der Waals surface area contributed by atoms with Gasteiger partial charge in [-0.15, -0.1) is 23.1 Å². The lowest BCUT2D eigenvalue weighted by atomic mass is 10.0. The number of cyclic esters (lactones) is 2. The fourth-order valence-electron chi connectivity index (χ4n) is 3.75. The highest BCUT2D eigenvalue weighted by Gasteiger charge is 2.54. The number of allylic oxidation sites excluding steroid dienone is 2.